The summed E-state index contributed by atoms with van der Waals surface area (Å²) in [5.41, 5.74) is -0.111. The second-order valence-electron chi connectivity index (χ2n) is 3.32. The van der Waals surface area contributed by atoms with Gasteiger partial charge < -0.3 is 4.74 Å². The molecular weight excluding hydrogens is 231 g/mol. The van der Waals surface area contributed by atoms with Crippen LogP contribution in [0.25, 0.3) is 10.8 Å². The summed E-state index contributed by atoms with van der Waals surface area (Å²) in [6.07, 6.45) is -4.80. The van der Waals surface area contributed by atoms with Crippen LogP contribution in [-0.2, 0) is 0 Å². The zero-order valence-corrected chi connectivity index (χ0v) is 8.45. The number of halogens is 3. The number of hydrogen-bond donors (Lipinski definition) is 0. The predicted octanol–water partition coefficient (Wildman–Crippen LogP) is 3.61. The molecule has 0 aliphatic carbocycles. The van der Waals surface area contributed by atoms with Crippen molar-refractivity contribution in [3.63, 3.8) is 0 Å². The molecule has 0 aromatic heterocycles. The van der Waals surface area contributed by atoms with Gasteiger partial charge in [0.05, 0.1) is 0 Å². The summed E-state index contributed by atoms with van der Waals surface area (Å²) >= 11 is 0. The number of ether oxygens (including phenoxy) is 1. The van der Waals surface area contributed by atoms with Crippen molar-refractivity contribution in [3.8, 4) is 11.8 Å². The van der Waals surface area contributed by atoms with E-state index in [-0.39, 0.29) is 5.56 Å². The lowest BCUT2D eigenvalue weighted by Gasteiger charge is -2.11. The first-order valence-electron chi connectivity index (χ1n) is 4.69. The molecule has 86 valence electrons. The van der Waals surface area contributed by atoms with Gasteiger partial charge in [0, 0.05) is 5.39 Å². The van der Waals surface area contributed by atoms with E-state index >= 15 is 0 Å². The SMILES string of the molecule is N#Cc1c(OC(F)(F)F)ccc2ccccc12. The Balaban J connectivity index is 2.62. The number of benzene rings is 2. The molecule has 0 N–H and O–H groups in total. The van der Waals surface area contributed by atoms with E-state index in [0.717, 1.165) is 6.07 Å². The Hall–Kier alpha value is -2.22. The second kappa shape index (κ2) is 3.98. The van der Waals surface area contributed by atoms with Crippen LogP contribution in [0.1, 0.15) is 5.56 Å². The molecule has 0 spiro atoms. The largest absolute Gasteiger partial charge is 0.573 e. The van der Waals surface area contributed by atoms with Gasteiger partial charge in [-0.15, -0.1) is 13.2 Å². The lowest BCUT2D eigenvalue weighted by atomic mass is 10.0. The van der Waals surface area contributed by atoms with Gasteiger partial charge in [0.25, 0.3) is 0 Å². The summed E-state index contributed by atoms with van der Waals surface area (Å²) in [5, 5.41) is 10.1. The first kappa shape index (κ1) is 11.3. The van der Waals surface area contributed by atoms with Crippen LogP contribution in [0.3, 0.4) is 0 Å². The molecule has 0 bridgehead atoms. The molecule has 0 aliphatic rings. The fourth-order valence-corrected chi connectivity index (χ4v) is 1.58. The fourth-order valence-electron chi connectivity index (χ4n) is 1.58. The third-order valence-corrected chi connectivity index (χ3v) is 2.23. The maximum absolute atomic E-state index is 12.1. The number of nitrogens with zero attached hydrogens (tertiary/aromatic N) is 1. The molecule has 0 amide bonds. The van der Waals surface area contributed by atoms with Gasteiger partial charge in [-0.25, -0.2) is 0 Å². The van der Waals surface area contributed by atoms with E-state index in [9.17, 15) is 13.2 Å². The summed E-state index contributed by atoms with van der Waals surface area (Å²) in [6, 6.07) is 11.1. The molecule has 2 nitrogen and oxygen atoms in total. The third kappa shape index (κ3) is 2.31. The summed E-state index contributed by atoms with van der Waals surface area (Å²) < 4.78 is 40.2. The average molecular weight is 237 g/mol. The Kier molecular flexibility index (Phi) is 2.64. The normalized spacial score (nSPS) is 11.2. The van der Waals surface area contributed by atoms with Gasteiger partial charge in [-0.2, -0.15) is 5.26 Å². The summed E-state index contributed by atoms with van der Waals surface area (Å²) in [6.45, 7) is 0. The number of nitriles is 1. The lowest BCUT2D eigenvalue weighted by molar-refractivity contribution is -0.274. The van der Waals surface area contributed by atoms with Crippen LogP contribution < -0.4 is 4.74 Å². The van der Waals surface area contributed by atoms with Gasteiger partial charge >= 0.3 is 6.36 Å². The van der Waals surface area contributed by atoms with Crippen LogP contribution in [0, 0.1) is 11.3 Å². The Morgan fingerprint density at radius 2 is 1.76 bits per heavy atom. The molecule has 2 rings (SSSR count). The van der Waals surface area contributed by atoms with E-state index in [1.807, 2.05) is 0 Å². The third-order valence-electron chi connectivity index (χ3n) is 2.23. The molecule has 0 saturated heterocycles. The molecule has 0 radical (unpaired) electrons. The molecular formula is C12H6F3NO. The highest BCUT2D eigenvalue weighted by Gasteiger charge is 2.32. The van der Waals surface area contributed by atoms with Crippen molar-refractivity contribution in [1.29, 1.82) is 5.26 Å². The van der Waals surface area contributed by atoms with Crippen molar-refractivity contribution >= 4 is 10.8 Å². The zero-order valence-electron chi connectivity index (χ0n) is 8.45. The Morgan fingerprint density at radius 1 is 1.06 bits per heavy atom. The number of alkyl halides is 3. The topological polar surface area (TPSA) is 33.0 Å². The van der Waals surface area contributed by atoms with E-state index in [1.54, 1.807) is 30.3 Å². The van der Waals surface area contributed by atoms with E-state index < -0.39 is 12.1 Å². The van der Waals surface area contributed by atoms with Gasteiger partial charge in [-0.3, -0.25) is 0 Å². The van der Waals surface area contributed by atoms with Crippen molar-refractivity contribution in [2.45, 2.75) is 6.36 Å². The van der Waals surface area contributed by atoms with Crippen LogP contribution in [0.15, 0.2) is 36.4 Å². The maximum atomic E-state index is 12.1. The van der Waals surface area contributed by atoms with Gasteiger partial charge in [0.15, 0.2) is 0 Å². The smallest absolute Gasteiger partial charge is 0.404 e. The predicted molar refractivity (Wildman–Crippen MR) is 55.3 cm³/mol. The quantitative estimate of drug-likeness (QED) is 0.759. The zero-order chi connectivity index (χ0) is 12.5. The molecule has 0 heterocycles. The minimum Gasteiger partial charge on any atom is -0.404 e. The number of rotatable bonds is 1. The Labute approximate surface area is 94.8 Å². The van der Waals surface area contributed by atoms with E-state index in [4.69, 9.17) is 5.26 Å². The summed E-state index contributed by atoms with van der Waals surface area (Å²) in [5.74, 6) is -0.473. The average Bonchev–Trinajstić information content (AvgIpc) is 2.27. The molecule has 17 heavy (non-hydrogen) atoms. The minimum atomic E-state index is -4.80. The number of fused-ring (bicyclic) bond motifs is 1. The molecule has 0 unspecified atom stereocenters. The summed E-state index contributed by atoms with van der Waals surface area (Å²) in [4.78, 5) is 0. The number of hydrogen-bond acceptors (Lipinski definition) is 2. The summed E-state index contributed by atoms with van der Waals surface area (Å²) in [7, 11) is 0. The lowest BCUT2D eigenvalue weighted by Crippen LogP contribution is -2.17. The van der Waals surface area contributed by atoms with Crippen LogP contribution in [0.4, 0.5) is 13.2 Å². The first-order valence-corrected chi connectivity index (χ1v) is 4.69. The molecule has 2 aromatic carbocycles. The van der Waals surface area contributed by atoms with E-state index in [2.05, 4.69) is 4.74 Å². The van der Waals surface area contributed by atoms with Crippen LogP contribution in [0.2, 0.25) is 0 Å². The maximum Gasteiger partial charge on any atom is 0.573 e. The Morgan fingerprint density at radius 3 is 2.41 bits per heavy atom. The second-order valence-corrected chi connectivity index (χ2v) is 3.32. The highest BCUT2D eigenvalue weighted by molar-refractivity contribution is 5.90. The van der Waals surface area contributed by atoms with Crippen LogP contribution in [-0.4, -0.2) is 6.36 Å². The van der Waals surface area contributed by atoms with Gasteiger partial charge in [0.2, 0.25) is 0 Å². The monoisotopic (exact) mass is 237 g/mol. The highest BCUT2D eigenvalue weighted by Crippen LogP contribution is 2.31. The van der Waals surface area contributed by atoms with Crippen molar-refractivity contribution in [1.82, 2.24) is 0 Å². The van der Waals surface area contributed by atoms with E-state index in [0.29, 0.717) is 10.8 Å². The highest BCUT2D eigenvalue weighted by atomic mass is 19.4. The van der Waals surface area contributed by atoms with Crippen LogP contribution in [0.5, 0.6) is 5.75 Å². The molecule has 0 atom stereocenters. The van der Waals surface area contributed by atoms with E-state index in [1.165, 1.54) is 6.07 Å². The van der Waals surface area contributed by atoms with Crippen molar-refractivity contribution in [3.05, 3.63) is 42.0 Å². The Bertz CT molecular complexity index is 599. The minimum absolute atomic E-state index is 0.111. The van der Waals surface area contributed by atoms with Crippen molar-refractivity contribution < 1.29 is 17.9 Å². The molecule has 0 aliphatic heterocycles. The van der Waals surface area contributed by atoms with Crippen molar-refractivity contribution in [2.75, 3.05) is 0 Å². The van der Waals surface area contributed by atoms with Gasteiger partial charge in [-0.05, 0) is 11.5 Å². The van der Waals surface area contributed by atoms with Crippen molar-refractivity contribution in [2.24, 2.45) is 0 Å². The standard InChI is InChI=1S/C12H6F3NO/c13-12(14,15)17-11-6-5-8-3-1-2-4-9(8)10(11)7-16/h1-6H. The fraction of sp³-hybridized carbons (Fsp3) is 0.0833. The molecule has 0 saturated carbocycles. The van der Waals surface area contributed by atoms with Gasteiger partial charge in [0.1, 0.15) is 17.4 Å². The van der Waals surface area contributed by atoms with Crippen LogP contribution >= 0.6 is 0 Å². The van der Waals surface area contributed by atoms with Gasteiger partial charge in [-0.1, -0.05) is 30.3 Å². The molecule has 0 fully saturated rings. The first-order chi connectivity index (χ1) is 8.01. The molecule has 2 aromatic rings. The molecule has 5 heteroatoms.